The van der Waals surface area contributed by atoms with E-state index in [4.69, 9.17) is 17.5 Å². The van der Waals surface area contributed by atoms with Crippen molar-refractivity contribution >= 4 is 164 Å². The van der Waals surface area contributed by atoms with Crippen molar-refractivity contribution in [1.29, 1.82) is 0 Å². The summed E-state index contributed by atoms with van der Waals surface area (Å²) in [5, 5.41) is 0. The lowest BCUT2D eigenvalue weighted by Crippen LogP contribution is -2.02. The zero-order chi connectivity index (χ0) is 51.9. The second kappa shape index (κ2) is 23.5. The van der Waals surface area contributed by atoms with Crippen LogP contribution in [0.15, 0.2) is 60.7 Å². The SMILES string of the molecule is CCCCCCn1c2cc(CC(CC)CCCC)sc2c2sc(-c3ccc(-c4cc5sc(-c6ccc(-c7cc8c(s7)c7sc(CC(CC)CCCC)cc7n8CCCCCC)c7nsnc67)cc5s4)c4nsnc34)cc21. The van der Waals surface area contributed by atoms with E-state index in [0.29, 0.717) is 0 Å². The number of benzene rings is 2. The summed E-state index contributed by atoms with van der Waals surface area (Å²) in [6, 6.07) is 24.0. The maximum atomic E-state index is 5.00. The fourth-order valence-electron chi connectivity index (χ4n) is 11.8. The van der Waals surface area contributed by atoms with Crippen LogP contribution in [-0.2, 0) is 25.9 Å². The van der Waals surface area contributed by atoms with Crippen molar-refractivity contribution in [1.82, 2.24) is 26.6 Å². The van der Waals surface area contributed by atoms with E-state index in [1.807, 2.05) is 45.3 Å². The maximum absolute atomic E-state index is 5.00. The van der Waals surface area contributed by atoms with Gasteiger partial charge in [-0.05, 0) is 73.9 Å². The summed E-state index contributed by atoms with van der Waals surface area (Å²) < 4.78 is 33.7. The van der Waals surface area contributed by atoms with Crippen LogP contribution in [0.5, 0.6) is 0 Å². The number of thiophene rings is 6. The minimum Gasteiger partial charge on any atom is -0.339 e. The van der Waals surface area contributed by atoms with Crippen molar-refractivity contribution in [3.63, 3.8) is 0 Å². The van der Waals surface area contributed by atoms with Crippen LogP contribution in [0.1, 0.15) is 154 Å². The Morgan fingerprint density at radius 2 is 0.737 bits per heavy atom. The molecule has 0 radical (unpaired) electrons. The van der Waals surface area contributed by atoms with Gasteiger partial charge in [0.15, 0.2) is 0 Å². The summed E-state index contributed by atoms with van der Waals surface area (Å²) in [4.78, 5) is 8.18. The van der Waals surface area contributed by atoms with Gasteiger partial charge in [-0.3, -0.25) is 0 Å². The summed E-state index contributed by atoms with van der Waals surface area (Å²) in [6.45, 7) is 16.2. The minimum absolute atomic E-state index is 0.767. The molecular weight excluding hydrogens is 1090 g/mol. The first-order chi connectivity index (χ1) is 37.4. The smallest absolute Gasteiger partial charge is 0.114 e. The molecule has 396 valence electrons. The Morgan fingerprint density at radius 3 is 1.11 bits per heavy atom. The number of rotatable bonds is 26. The van der Waals surface area contributed by atoms with Crippen LogP contribution in [0.2, 0.25) is 0 Å². The molecule has 0 aliphatic carbocycles. The van der Waals surface area contributed by atoms with Gasteiger partial charge >= 0.3 is 0 Å². The Balaban J connectivity index is 0.832. The standard InChI is InChI=1S/C62H70N6S8/c1-7-13-17-19-27-67-45-31-39(29-37(11-5)21-15-9-3)69-59(45)61-47(67)33-49(73-61)41-23-25-43(57-55(41)63-75-65-57)51-35-53-54(71-51)36-52(72-53)44-26-24-42(56-58(44)66-76-64-56)50-34-48-62(74-50)60-46(68(48)28-20-18-14-8-2)32-40(70-60)30-38(12-6)22-16-10-4/h23-26,31-38H,7-22,27-30H2,1-6H3. The maximum Gasteiger partial charge on any atom is 0.114 e. The van der Waals surface area contributed by atoms with E-state index in [-0.39, 0.29) is 0 Å². The molecule has 2 aromatic carbocycles. The van der Waals surface area contributed by atoms with Gasteiger partial charge < -0.3 is 9.13 Å². The van der Waals surface area contributed by atoms with E-state index in [0.717, 1.165) is 47.0 Å². The third kappa shape index (κ3) is 10.1. The second-order valence-electron chi connectivity index (χ2n) is 21.4. The lowest BCUT2D eigenvalue weighted by molar-refractivity contribution is 0.452. The Kier molecular flexibility index (Phi) is 16.3. The minimum atomic E-state index is 0.767. The average molecular weight is 1160 g/mol. The zero-order valence-electron chi connectivity index (χ0n) is 45.0. The third-order valence-corrected chi connectivity index (χ3v) is 24.5. The summed E-state index contributed by atoms with van der Waals surface area (Å²) in [7, 11) is 0. The van der Waals surface area contributed by atoms with Crippen LogP contribution in [0.3, 0.4) is 0 Å². The molecule has 10 heterocycles. The number of hydrogen-bond donors (Lipinski definition) is 0. The molecule has 0 amide bonds. The molecule has 0 saturated heterocycles. The first-order valence-electron chi connectivity index (χ1n) is 28.5. The number of nitrogens with zero attached hydrogens (tertiary/aromatic N) is 6. The summed E-state index contributed by atoms with van der Waals surface area (Å²) in [5.74, 6) is 1.53. The molecule has 2 atom stereocenters. The molecule has 12 aromatic rings. The van der Waals surface area contributed by atoms with Crippen LogP contribution >= 0.6 is 91.5 Å². The fraction of sp³-hybridized carbons (Fsp3) is 0.452. The van der Waals surface area contributed by atoms with E-state index in [1.54, 1.807) is 9.75 Å². The summed E-state index contributed by atoms with van der Waals surface area (Å²) >= 11 is 14.4. The van der Waals surface area contributed by atoms with E-state index in [1.165, 1.54) is 231 Å². The van der Waals surface area contributed by atoms with Crippen LogP contribution in [-0.4, -0.2) is 26.6 Å². The predicted octanol–water partition coefficient (Wildman–Crippen LogP) is 22.8. The number of aryl methyl sites for hydroxylation is 2. The van der Waals surface area contributed by atoms with Gasteiger partial charge in [0.25, 0.3) is 0 Å². The van der Waals surface area contributed by atoms with E-state index < -0.39 is 0 Å². The van der Waals surface area contributed by atoms with Gasteiger partial charge in [-0.2, -0.15) is 17.5 Å². The largest absolute Gasteiger partial charge is 0.339 e. The third-order valence-electron chi connectivity index (χ3n) is 16.2. The lowest BCUT2D eigenvalue weighted by atomic mass is 9.95. The lowest BCUT2D eigenvalue weighted by Gasteiger charge is -2.12. The molecule has 0 aliphatic heterocycles. The number of unbranched alkanes of at least 4 members (excludes halogenated alkanes) is 8. The highest BCUT2D eigenvalue weighted by Gasteiger charge is 2.25. The predicted molar refractivity (Wildman–Crippen MR) is 343 cm³/mol. The normalized spacial score (nSPS) is 13.3. The van der Waals surface area contributed by atoms with E-state index >= 15 is 0 Å². The molecule has 6 nitrogen and oxygen atoms in total. The molecule has 2 unspecified atom stereocenters. The molecule has 0 N–H and O–H groups in total. The van der Waals surface area contributed by atoms with Crippen molar-refractivity contribution in [2.24, 2.45) is 11.8 Å². The fourth-order valence-corrected chi connectivity index (χ4v) is 20.6. The first-order valence-corrected chi connectivity index (χ1v) is 34.9. The van der Waals surface area contributed by atoms with Crippen LogP contribution in [0.4, 0.5) is 0 Å². The second-order valence-corrected chi connectivity index (χ2v) is 29.0. The van der Waals surface area contributed by atoms with Gasteiger partial charge in [0.1, 0.15) is 22.1 Å². The van der Waals surface area contributed by atoms with Gasteiger partial charge in [0.2, 0.25) is 0 Å². The molecule has 0 fully saturated rings. The summed E-state index contributed by atoms with van der Waals surface area (Å²) in [5.41, 5.74) is 14.4. The van der Waals surface area contributed by atoms with Gasteiger partial charge in [-0.25, -0.2) is 0 Å². The molecule has 14 heteroatoms. The van der Waals surface area contributed by atoms with Crippen LogP contribution in [0.25, 0.3) is 114 Å². The van der Waals surface area contributed by atoms with Crippen molar-refractivity contribution in [2.45, 2.75) is 170 Å². The van der Waals surface area contributed by atoms with Crippen LogP contribution in [0, 0.1) is 11.8 Å². The molecule has 12 rings (SSSR count). The van der Waals surface area contributed by atoms with Gasteiger partial charge in [-0.1, -0.05) is 156 Å². The highest BCUT2D eigenvalue weighted by molar-refractivity contribution is 7.31. The molecular formula is C62H70N6S8. The summed E-state index contributed by atoms with van der Waals surface area (Å²) in [6.07, 6.45) is 22.9. The molecule has 10 aromatic heterocycles. The van der Waals surface area contributed by atoms with Crippen molar-refractivity contribution in [2.75, 3.05) is 0 Å². The molecule has 0 spiro atoms. The molecule has 76 heavy (non-hydrogen) atoms. The Morgan fingerprint density at radius 1 is 0.382 bits per heavy atom. The number of aromatic nitrogens is 6. The van der Waals surface area contributed by atoms with Crippen molar-refractivity contribution in [3.8, 4) is 41.8 Å². The van der Waals surface area contributed by atoms with Gasteiger partial charge in [-0.15, -0.1) is 68.0 Å². The molecule has 0 bridgehead atoms. The quantitative estimate of drug-likeness (QED) is 0.0507. The molecule has 0 aliphatic rings. The Hall–Kier alpha value is -3.86. The van der Waals surface area contributed by atoms with E-state index in [2.05, 4.69) is 134 Å². The first kappa shape index (κ1) is 52.8. The average Bonchev–Trinajstić information content (AvgIpc) is 4.38. The molecule has 0 saturated carbocycles. The van der Waals surface area contributed by atoms with Crippen molar-refractivity contribution < 1.29 is 0 Å². The Bertz CT molecular complexity index is 3650. The number of hydrogen-bond acceptors (Lipinski definition) is 12. The highest BCUT2D eigenvalue weighted by atomic mass is 32.1. The van der Waals surface area contributed by atoms with Gasteiger partial charge in [0.05, 0.1) is 64.3 Å². The Labute approximate surface area is 480 Å². The highest BCUT2D eigenvalue weighted by Crippen LogP contribution is 2.50. The van der Waals surface area contributed by atoms with Gasteiger partial charge in [0, 0.05) is 74.0 Å². The van der Waals surface area contributed by atoms with Crippen molar-refractivity contribution in [3.05, 3.63) is 70.4 Å². The van der Waals surface area contributed by atoms with Crippen LogP contribution < -0.4 is 0 Å². The van der Waals surface area contributed by atoms with E-state index in [9.17, 15) is 0 Å². The monoisotopic (exact) mass is 1150 g/mol. The number of fused-ring (bicyclic) bond motifs is 9. The topological polar surface area (TPSA) is 61.4 Å². The zero-order valence-corrected chi connectivity index (χ0v) is 51.6.